The van der Waals surface area contributed by atoms with E-state index in [0.717, 1.165) is 42.1 Å². The standard InChI is InChI=1S/C24H22F2N6/c1-15-2-4-18(27-12-15)13-28-21-14-29-32-9-7-22(30-23(21)32)31-8-6-16-11-24(16,31)19-10-17(25)3-5-20(19)26/h2-5,7,9-10,12,14,16,28H,6,8,11,13H2,1H3/t16-,24+/m0/s1. The number of hydrogen-bond donors (Lipinski definition) is 1. The van der Waals surface area contributed by atoms with Gasteiger partial charge in [0, 0.05) is 24.5 Å². The summed E-state index contributed by atoms with van der Waals surface area (Å²) in [5, 5.41) is 7.75. The van der Waals surface area contributed by atoms with Crippen LogP contribution in [0.15, 0.2) is 55.0 Å². The first-order chi connectivity index (χ1) is 15.5. The minimum Gasteiger partial charge on any atom is -0.375 e. The molecule has 0 radical (unpaired) electrons. The van der Waals surface area contributed by atoms with E-state index >= 15 is 0 Å². The fourth-order valence-electron chi connectivity index (χ4n) is 5.02. The van der Waals surface area contributed by atoms with Crippen molar-refractivity contribution in [3.63, 3.8) is 0 Å². The van der Waals surface area contributed by atoms with Gasteiger partial charge in [0.25, 0.3) is 0 Å². The first-order valence-corrected chi connectivity index (χ1v) is 10.8. The van der Waals surface area contributed by atoms with E-state index in [1.54, 1.807) is 10.7 Å². The molecule has 2 atom stereocenters. The molecule has 0 amide bonds. The Morgan fingerprint density at radius 2 is 2.06 bits per heavy atom. The van der Waals surface area contributed by atoms with Gasteiger partial charge in [-0.05, 0) is 61.6 Å². The maximum Gasteiger partial charge on any atom is 0.180 e. The minimum atomic E-state index is -0.517. The number of aromatic nitrogens is 4. The molecule has 1 aliphatic carbocycles. The van der Waals surface area contributed by atoms with Crippen molar-refractivity contribution < 1.29 is 8.78 Å². The zero-order valence-corrected chi connectivity index (χ0v) is 17.6. The molecule has 2 fully saturated rings. The number of fused-ring (bicyclic) bond motifs is 2. The number of anilines is 2. The molecule has 1 saturated heterocycles. The van der Waals surface area contributed by atoms with Crippen LogP contribution >= 0.6 is 0 Å². The van der Waals surface area contributed by atoms with Gasteiger partial charge in [0.1, 0.15) is 23.1 Å². The predicted molar refractivity (Wildman–Crippen MR) is 117 cm³/mol. The average molecular weight is 432 g/mol. The van der Waals surface area contributed by atoms with Gasteiger partial charge in [-0.3, -0.25) is 4.98 Å². The topological polar surface area (TPSA) is 58.4 Å². The Morgan fingerprint density at radius 3 is 2.88 bits per heavy atom. The molecule has 1 aliphatic heterocycles. The van der Waals surface area contributed by atoms with Gasteiger partial charge in [0.05, 0.1) is 24.0 Å². The molecule has 1 aromatic carbocycles. The highest BCUT2D eigenvalue weighted by Crippen LogP contribution is 2.63. The number of benzene rings is 1. The third-order valence-electron chi connectivity index (χ3n) is 6.71. The first kappa shape index (κ1) is 19.2. The summed E-state index contributed by atoms with van der Waals surface area (Å²) in [5.74, 6) is 0.285. The van der Waals surface area contributed by atoms with Gasteiger partial charge >= 0.3 is 0 Å². The van der Waals surface area contributed by atoms with E-state index in [4.69, 9.17) is 4.98 Å². The largest absolute Gasteiger partial charge is 0.375 e. The highest BCUT2D eigenvalue weighted by molar-refractivity contribution is 5.69. The fourth-order valence-corrected chi connectivity index (χ4v) is 5.02. The predicted octanol–water partition coefficient (Wildman–Crippen LogP) is 4.45. The van der Waals surface area contributed by atoms with E-state index in [1.165, 1.54) is 18.2 Å². The normalized spacial score (nSPS) is 21.7. The van der Waals surface area contributed by atoms with Crippen LogP contribution in [0.3, 0.4) is 0 Å². The van der Waals surface area contributed by atoms with Crippen LogP contribution in [0.25, 0.3) is 5.65 Å². The van der Waals surface area contributed by atoms with Crippen molar-refractivity contribution in [1.29, 1.82) is 0 Å². The summed E-state index contributed by atoms with van der Waals surface area (Å²) >= 11 is 0. The Hall–Kier alpha value is -3.55. The summed E-state index contributed by atoms with van der Waals surface area (Å²) in [6.45, 7) is 3.32. The molecule has 3 aromatic heterocycles. The summed E-state index contributed by atoms with van der Waals surface area (Å²) in [7, 11) is 0. The zero-order chi connectivity index (χ0) is 21.9. The van der Waals surface area contributed by atoms with Crippen LogP contribution in [-0.2, 0) is 12.1 Å². The molecule has 6 nitrogen and oxygen atoms in total. The number of halogens is 2. The van der Waals surface area contributed by atoms with E-state index in [0.29, 0.717) is 23.7 Å². The molecule has 1 N–H and O–H groups in total. The van der Waals surface area contributed by atoms with Crippen molar-refractivity contribution >= 4 is 17.2 Å². The number of hydrogen-bond acceptors (Lipinski definition) is 5. The molecule has 162 valence electrons. The summed E-state index contributed by atoms with van der Waals surface area (Å²) in [6, 6.07) is 9.64. The smallest absolute Gasteiger partial charge is 0.180 e. The van der Waals surface area contributed by atoms with Crippen molar-refractivity contribution in [3.8, 4) is 0 Å². The third kappa shape index (κ3) is 2.93. The van der Waals surface area contributed by atoms with E-state index in [-0.39, 0.29) is 5.82 Å². The molecule has 0 bridgehead atoms. The van der Waals surface area contributed by atoms with Crippen LogP contribution in [-0.4, -0.2) is 26.1 Å². The second-order valence-electron chi connectivity index (χ2n) is 8.68. The third-order valence-corrected chi connectivity index (χ3v) is 6.71. The molecule has 4 aromatic rings. The lowest BCUT2D eigenvalue weighted by Gasteiger charge is -2.30. The second kappa shape index (κ2) is 6.98. The molecule has 0 spiro atoms. The van der Waals surface area contributed by atoms with E-state index in [1.807, 2.05) is 37.5 Å². The van der Waals surface area contributed by atoms with Crippen molar-refractivity contribution in [2.75, 3.05) is 16.8 Å². The number of aryl methyl sites for hydroxylation is 1. The van der Waals surface area contributed by atoms with E-state index in [9.17, 15) is 8.78 Å². The zero-order valence-electron chi connectivity index (χ0n) is 17.6. The van der Waals surface area contributed by atoms with Crippen LogP contribution in [0.4, 0.5) is 20.3 Å². The first-order valence-electron chi connectivity index (χ1n) is 10.8. The average Bonchev–Trinajstić information content (AvgIpc) is 3.19. The lowest BCUT2D eigenvalue weighted by Crippen LogP contribution is -2.34. The summed E-state index contributed by atoms with van der Waals surface area (Å²) < 4.78 is 30.4. The maximum atomic E-state index is 14.7. The van der Waals surface area contributed by atoms with Crippen molar-refractivity contribution in [3.05, 3.63) is 83.4 Å². The van der Waals surface area contributed by atoms with Gasteiger partial charge in [0.2, 0.25) is 0 Å². The Morgan fingerprint density at radius 1 is 1.16 bits per heavy atom. The Balaban J connectivity index is 1.33. The Kier molecular flexibility index (Phi) is 4.18. The summed E-state index contributed by atoms with van der Waals surface area (Å²) in [6.07, 6.45) is 7.19. The molecule has 32 heavy (non-hydrogen) atoms. The molecule has 1 saturated carbocycles. The van der Waals surface area contributed by atoms with Gasteiger partial charge < -0.3 is 10.2 Å². The second-order valence-corrected chi connectivity index (χ2v) is 8.68. The fraction of sp³-hybridized carbons (Fsp3) is 0.292. The number of rotatable bonds is 5. The molecule has 6 rings (SSSR count). The SMILES string of the molecule is Cc1ccc(CNc2cnn3ccc(N4CC[C@H]5C[C@]54c4cc(F)ccc4F)nc23)nc1. The van der Waals surface area contributed by atoms with Crippen molar-refractivity contribution in [2.24, 2.45) is 5.92 Å². The maximum absolute atomic E-state index is 14.7. The lowest BCUT2D eigenvalue weighted by atomic mass is 10.0. The highest BCUT2D eigenvalue weighted by atomic mass is 19.1. The molecule has 0 unspecified atom stereocenters. The van der Waals surface area contributed by atoms with Crippen LogP contribution < -0.4 is 10.2 Å². The van der Waals surface area contributed by atoms with Crippen molar-refractivity contribution in [2.45, 2.75) is 31.8 Å². The van der Waals surface area contributed by atoms with Crippen LogP contribution in [0, 0.1) is 24.5 Å². The monoisotopic (exact) mass is 432 g/mol. The number of pyridine rings is 1. The number of piperidine rings is 1. The highest BCUT2D eigenvalue weighted by Gasteiger charge is 2.64. The number of nitrogens with zero attached hydrogens (tertiary/aromatic N) is 5. The quantitative estimate of drug-likeness (QED) is 0.505. The lowest BCUT2D eigenvalue weighted by molar-refractivity contribution is 0.544. The Bertz CT molecular complexity index is 1320. The van der Waals surface area contributed by atoms with Crippen LogP contribution in [0.5, 0.6) is 0 Å². The van der Waals surface area contributed by atoms with Crippen molar-refractivity contribution in [1.82, 2.24) is 19.6 Å². The molecule has 8 heteroatoms. The van der Waals surface area contributed by atoms with E-state index in [2.05, 4.69) is 20.3 Å². The number of nitrogens with one attached hydrogen (secondary N) is 1. The van der Waals surface area contributed by atoms with Gasteiger partial charge in [-0.2, -0.15) is 5.10 Å². The minimum absolute atomic E-state index is 0.312. The van der Waals surface area contributed by atoms with Gasteiger partial charge in [0.15, 0.2) is 5.65 Å². The van der Waals surface area contributed by atoms with Gasteiger partial charge in [-0.25, -0.2) is 18.3 Å². The molecular formula is C24H22F2N6. The van der Waals surface area contributed by atoms with Gasteiger partial charge in [-0.1, -0.05) is 6.07 Å². The summed E-state index contributed by atoms with van der Waals surface area (Å²) in [5.41, 5.74) is 3.44. The molecular weight excluding hydrogens is 410 g/mol. The van der Waals surface area contributed by atoms with Crippen LogP contribution in [0.1, 0.15) is 29.7 Å². The van der Waals surface area contributed by atoms with Gasteiger partial charge in [-0.15, -0.1) is 0 Å². The van der Waals surface area contributed by atoms with Crippen LogP contribution in [0.2, 0.25) is 0 Å². The summed E-state index contributed by atoms with van der Waals surface area (Å²) in [4.78, 5) is 11.4. The molecule has 4 heterocycles. The Labute approximate surface area is 183 Å². The van der Waals surface area contributed by atoms with E-state index < -0.39 is 11.4 Å². The molecule has 2 aliphatic rings.